The van der Waals surface area contributed by atoms with Crippen molar-refractivity contribution in [3.63, 3.8) is 0 Å². The van der Waals surface area contributed by atoms with Crippen molar-refractivity contribution in [3.8, 4) is 11.1 Å². The van der Waals surface area contributed by atoms with Crippen molar-refractivity contribution in [3.05, 3.63) is 111 Å². The van der Waals surface area contributed by atoms with Crippen LogP contribution in [0.3, 0.4) is 0 Å². The Balaban J connectivity index is 1.81. The van der Waals surface area contributed by atoms with Gasteiger partial charge in [-0.05, 0) is 41.3 Å². The lowest BCUT2D eigenvalue weighted by atomic mass is 9.75. The summed E-state index contributed by atoms with van der Waals surface area (Å²) < 4.78 is 0. The van der Waals surface area contributed by atoms with E-state index in [0.29, 0.717) is 44.4 Å². The average Bonchev–Trinajstić information content (AvgIpc) is 3.22. The molecule has 0 saturated carbocycles. The Morgan fingerprint density at radius 1 is 0.947 bits per heavy atom. The van der Waals surface area contributed by atoms with Crippen LogP contribution in [0.25, 0.3) is 16.7 Å². The van der Waals surface area contributed by atoms with Gasteiger partial charge in [-0.1, -0.05) is 85.6 Å². The molecule has 0 unspecified atom stereocenters. The second-order valence-corrected chi connectivity index (χ2v) is 11.9. The predicted octanol–water partition coefficient (Wildman–Crippen LogP) is 9.35. The van der Waals surface area contributed by atoms with Crippen molar-refractivity contribution >= 4 is 62.4 Å². The zero-order valence-corrected chi connectivity index (χ0v) is 23.2. The fraction of sp³-hybridized carbons (Fsp3) is 0.161. The molecule has 0 aliphatic heterocycles. The smallest absolute Gasteiger partial charge is 0.198 e. The van der Waals surface area contributed by atoms with E-state index in [1.165, 1.54) is 17.4 Å². The number of aliphatic hydroxyl groups excluding tert-OH is 1. The lowest BCUT2D eigenvalue weighted by Crippen LogP contribution is -2.25. The molecule has 0 bridgehead atoms. The molecule has 38 heavy (non-hydrogen) atoms. The van der Waals surface area contributed by atoms with Crippen molar-refractivity contribution in [2.24, 2.45) is 5.41 Å². The molecule has 0 fully saturated rings. The number of anilines is 2. The van der Waals surface area contributed by atoms with E-state index in [1.54, 1.807) is 12.1 Å². The summed E-state index contributed by atoms with van der Waals surface area (Å²) in [6.07, 6.45) is 0.667. The van der Waals surface area contributed by atoms with Gasteiger partial charge in [0.15, 0.2) is 11.6 Å². The highest BCUT2D eigenvalue weighted by Gasteiger charge is 2.37. The first-order chi connectivity index (χ1) is 18.1. The quantitative estimate of drug-likeness (QED) is 0.230. The van der Waals surface area contributed by atoms with Crippen LogP contribution < -0.4 is 5.32 Å². The molecule has 4 nitrogen and oxygen atoms in total. The number of halogens is 2. The number of hydrogen-bond acceptors (Lipinski definition) is 5. The number of Topliss-reactive ketones (excluding diaryl/α,β-unsaturated/α-hetero) is 1. The Morgan fingerprint density at radius 3 is 2.24 bits per heavy atom. The summed E-state index contributed by atoms with van der Waals surface area (Å²) in [6.45, 7) is 3.93. The molecule has 5 rings (SSSR count). The Bertz CT molecular complexity index is 1570. The molecule has 0 radical (unpaired) electrons. The minimum absolute atomic E-state index is 0.0412. The highest BCUT2D eigenvalue weighted by Crippen LogP contribution is 2.50. The van der Waals surface area contributed by atoms with E-state index >= 15 is 0 Å². The van der Waals surface area contributed by atoms with Gasteiger partial charge in [0.1, 0.15) is 10.8 Å². The number of allylic oxidation sites excluding steroid dienone is 2. The molecule has 2 N–H and O–H groups in total. The summed E-state index contributed by atoms with van der Waals surface area (Å²) in [6, 6.07) is 23.7. The van der Waals surface area contributed by atoms with Crippen molar-refractivity contribution in [2.45, 2.75) is 26.7 Å². The van der Waals surface area contributed by atoms with Gasteiger partial charge in [-0.2, -0.15) is 0 Å². The fourth-order valence-corrected chi connectivity index (χ4v) is 6.62. The van der Waals surface area contributed by atoms with Crippen LogP contribution in [0.15, 0.2) is 84.6 Å². The largest absolute Gasteiger partial charge is 0.511 e. The summed E-state index contributed by atoms with van der Waals surface area (Å²) in [5.41, 5.74) is 2.71. The summed E-state index contributed by atoms with van der Waals surface area (Å²) in [5.74, 6) is -0.415. The van der Waals surface area contributed by atoms with Gasteiger partial charge < -0.3 is 10.4 Å². The number of nitrogens with one attached hydrogen (secondary N) is 1. The van der Waals surface area contributed by atoms with E-state index in [2.05, 4.69) is 5.32 Å². The summed E-state index contributed by atoms with van der Waals surface area (Å²) in [5, 5.41) is 15.7. The fourth-order valence-electron chi connectivity index (χ4n) is 4.80. The standard InChI is InChI=1S/C31H25Cl2NO3S/c1-31(2)16-23(35)26(24(36)17-31)29-25(18-9-5-3-6-10-18)27(28(37)21-14-13-19(32)15-22(21)33)30(38-29)34-20-11-7-4-8-12-20/h3-15,34-35H,16-17H2,1-2H3. The molecule has 1 aromatic heterocycles. The van der Waals surface area contributed by atoms with Gasteiger partial charge in [-0.3, -0.25) is 9.59 Å². The third-order valence-corrected chi connectivity index (χ3v) is 8.16. The lowest BCUT2D eigenvalue weighted by molar-refractivity contribution is -0.116. The minimum atomic E-state index is -0.352. The number of carbonyl (C=O) groups is 2. The van der Waals surface area contributed by atoms with Crippen molar-refractivity contribution in [1.82, 2.24) is 0 Å². The van der Waals surface area contributed by atoms with Gasteiger partial charge in [-0.15, -0.1) is 11.3 Å². The van der Waals surface area contributed by atoms with Gasteiger partial charge >= 0.3 is 0 Å². The third kappa shape index (κ3) is 5.14. The molecule has 0 saturated heterocycles. The van der Waals surface area contributed by atoms with Gasteiger partial charge in [0.05, 0.1) is 21.0 Å². The highest BCUT2D eigenvalue weighted by atomic mass is 35.5. The molecule has 0 amide bonds. The number of aliphatic hydroxyl groups is 1. The normalized spacial score (nSPS) is 15.0. The number of hydrogen-bond donors (Lipinski definition) is 2. The van der Waals surface area contributed by atoms with E-state index in [-0.39, 0.29) is 33.3 Å². The summed E-state index contributed by atoms with van der Waals surface area (Å²) in [4.78, 5) is 28.2. The highest BCUT2D eigenvalue weighted by molar-refractivity contribution is 7.18. The van der Waals surface area contributed by atoms with E-state index in [4.69, 9.17) is 23.2 Å². The van der Waals surface area contributed by atoms with Crippen LogP contribution >= 0.6 is 34.5 Å². The predicted molar refractivity (Wildman–Crippen MR) is 157 cm³/mol. The van der Waals surface area contributed by atoms with Gasteiger partial charge in [0.2, 0.25) is 0 Å². The van der Waals surface area contributed by atoms with Crippen molar-refractivity contribution < 1.29 is 14.7 Å². The number of para-hydroxylation sites is 1. The molecule has 0 spiro atoms. The number of rotatable bonds is 6. The molecular weight excluding hydrogens is 537 g/mol. The number of thiophene rings is 1. The van der Waals surface area contributed by atoms with Gasteiger partial charge in [0, 0.05) is 34.7 Å². The van der Waals surface area contributed by atoms with Gasteiger partial charge in [-0.25, -0.2) is 0 Å². The van der Waals surface area contributed by atoms with E-state index in [0.717, 1.165) is 11.3 Å². The van der Waals surface area contributed by atoms with Crippen LogP contribution in [0.5, 0.6) is 0 Å². The minimum Gasteiger partial charge on any atom is -0.511 e. The second kappa shape index (κ2) is 10.4. The molecule has 1 heterocycles. The van der Waals surface area contributed by atoms with Crippen molar-refractivity contribution in [2.75, 3.05) is 5.32 Å². The van der Waals surface area contributed by atoms with Crippen LogP contribution in [-0.4, -0.2) is 16.7 Å². The molecule has 7 heteroatoms. The Kier molecular flexibility index (Phi) is 7.19. The zero-order chi connectivity index (χ0) is 27.0. The maximum absolute atomic E-state index is 14.2. The first kappa shape index (κ1) is 26.2. The van der Waals surface area contributed by atoms with Crippen LogP contribution in [0.4, 0.5) is 10.7 Å². The monoisotopic (exact) mass is 561 g/mol. The van der Waals surface area contributed by atoms with E-state index in [9.17, 15) is 14.7 Å². The van der Waals surface area contributed by atoms with Crippen LogP contribution in [0.2, 0.25) is 10.0 Å². The maximum Gasteiger partial charge on any atom is 0.198 e. The maximum atomic E-state index is 14.2. The molecule has 1 aliphatic carbocycles. The molecule has 4 aromatic rings. The lowest BCUT2D eigenvalue weighted by Gasteiger charge is -2.29. The summed E-state index contributed by atoms with van der Waals surface area (Å²) in [7, 11) is 0. The Hall–Kier alpha value is -3.38. The molecule has 3 aromatic carbocycles. The first-order valence-electron chi connectivity index (χ1n) is 12.1. The van der Waals surface area contributed by atoms with Gasteiger partial charge in [0.25, 0.3) is 0 Å². The number of carbonyl (C=O) groups excluding carboxylic acids is 2. The molecule has 1 aliphatic rings. The first-order valence-corrected chi connectivity index (χ1v) is 13.7. The topological polar surface area (TPSA) is 66.4 Å². The second-order valence-electron chi connectivity index (χ2n) is 10.1. The van der Waals surface area contributed by atoms with E-state index in [1.807, 2.05) is 74.5 Å². The Labute approximate surface area is 235 Å². The van der Waals surface area contributed by atoms with Crippen LogP contribution in [0, 0.1) is 5.41 Å². The van der Waals surface area contributed by atoms with Crippen molar-refractivity contribution in [1.29, 1.82) is 0 Å². The zero-order valence-electron chi connectivity index (χ0n) is 20.8. The number of benzene rings is 3. The number of ketones is 2. The third-order valence-electron chi connectivity index (χ3n) is 6.48. The van der Waals surface area contributed by atoms with Crippen LogP contribution in [0.1, 0.15) is 47.5 Å². The average molecular weight is 563 g/mol. The molecular formula is C31H25Cl2NO3S. The molecule has 192 valence electrons. The van der Waals surface area contributed by atoms with Crippen LogP contribution in [-0.2, 0) is 4.79 Å². The van der Waals surface area contributed by atoms with E-state index < -0.39 is 0 Å². The Morgan fingerprint density at radius 2 is 1.61 bits per heavy atom. The summed E-state index contributed by atoms with van der Waals surface area (Å²) >= 11 is 13.9. The molecule has 0 atom stereocenters. The SMILES string of the molecule is CC1(C)CC(=O)C(c2sc(Nc3ccccc3)c(C(=O)c3ccc(Cl)cc3Cl)c2-c2ccccc2)=C(O)C1.